The fraction of sp³-hybridized carbons (Fsp3) is 0.304. The maximum absolute atomic E-state index is 12.7. The first-order valence-electron chi connectivity index (χ1n) is 10.3. The van der Waals surface area contributed by atoms with Crippen molar-refractivity contribution in [1.29, 1.82) is 0 Å². The number of benzene rings is 2. The highest BCUT2D eigenvalue weighted by Crippen LogP contribution is 2.42. The van der Waals surface area contributed by atoms with Crippen molar-refractivity contribution >= 4 is 22.6 Å². The zero-order chi connectivity index (χ0) is 21.9. The monoisotopic (exact) mass is 416 g/mol. The third-order valence-electron chi connectivity index (χ3n) is 6.09. The molecule has 31 heavy (non-hydrogen) atoms. The van der Waals surface area contributed by atoms with Crippen LogP contribution in [0.15, 0.2) is 42.7 Å². The van der Waals surface area contributed by atoms with Crippen LogP contribution in [0.5, 0.6) is 0 Å². The topological polar surface area (TPSA) is 99.9 Å². The number of fused-ring (bicyclic) bond motifs is 2. The van der Waals surface area contributed by atoms with Gasteiger partial charge in [0, 0.05) is 18.3 Å². The molecule has 1 aliphatic heterocycles. The molecule has 1 unspecified atom stereocenters. The number of para-hydroxylation sites is 1. The molecule has 0 saturated heterocycles. The zero-order valence-electron chi connectivity index (χ0n) is 17.9. The Morgan fingerprint density at radius 2 is 2.00 bits per heavy atom. The van der Waals surface area contributed by atoms with Crippen molar-refractivity contribution in [2.75, 3.05) is 11.9 Å². The van der Waals surface area contributed by atoms with Crippen LogP contribution < -0.4 is 4.90 Å². The van der Waals surface area contributed by atoms with Crippen LogP contribution in [0.4, 0.5) is 5.69 Å². The molecule has 0 spiro atoms. The van der Waals surface area contributed by atoms with Gasteiger partial charge in [0.1, 0.15) is 11.6 Å². The van der Waals surface area contributed by atoms with Gasteiger partial charge >= 0.3 is 0 Å². The van der Waals surface area contributed by atoms with Crippen LogP contribution in [0.25, 0.3) is 28.1 Å². The first kappa shape index (κ1) is 19.4. The number of H-pyrrole nitrogens is 1. The molecule has 2 aromatic heterocycles. The molecule has 5 rings (SSSR count). The number of rotatable bonds is 4. The lowest BCUT2D eigenvalue weighted by Crippen LogP contribution is -2.33. The number of carbonyl (C=O) groups is 1. The number of aliphatic hydroxyl groups is 1. The molecular weight excluding hydrogens is 392 g/mol. The van der Waals surface area contributed by atoms with E-state index in [1.165, 1.54) is 0 Å². The minimum atomic E-state index is -0.767. The van der Waals surface area contributed by atoms with Gasteiger partial charge in [-0.1, -0.05) is 13.0 Å². The van der Waals surface area contributed by atoms with Crippen molar-refractivity contribution in [1.82, 2.24) is 24.7 Å². The van der Waals surface area contributed by atoms with Crippen molar-refractivity contribution < 1.29 is 9.90 Å². The fourth-order valence-electron chi connectivity index (χ4n) is 4.24. The molecule has 2 N–H and O–H groups in total. The van der Waals surface area contributed by atoms with E-state index in [-0.39, 0.29) is 5.91 Å². The van der Waals surface area contributed by atoms with Crippen LogP contribution in [-0.4, -0.2) is 42.8 Å². The summed E-state index contributed by atoms with van der Waals surface area (Å²) < 4.78 is 1.73. The number of carbonyl (C=O) groups excluding carboxylic acids is 1. The largest absolute Gasteiger partial charge is 0.385 e. The smallest absolute Gasteiger partial charge is 0.236 e. The molecule has 0 saturated carbocycles. The molecule has 0 radical (unpaired) electrons. The van der Waals surface area contributed by atoms with Gasteiger partial charge in [-0.25, -0.2) is 14.6 Å². The Bertz CT molecular complexity index is 1320. The van der Waals surface area contributed by atoms with Crippen LogP contribution in [0, 0.1) is 0 Å². The van der Waals surface area contributed by atoms with Gasteiger partial charge < -0.3 is 15.0 Å². The highest BCUT2D eigenvalue weighted by molar-refractivity contribution is 6.07. The summed E-state index contributed by atoms with van der Waals surface area (Å²) in [4.78, 5) is 26.7. The van der Waals surface area contributed by atoms with E-state index in [0.29, 0.717) is 18.1 Å². The first-order valence-corrected chi connectivity index (χ1v) is 10.3. The lowest BCUT2D eigenvalue weighted by Gasteiger charge is -2.16. The molecule has 1 aliphatic rings. The molecule has 1 amide bonds. The number of likely N-dealkylation sites (N-methyl/N-ethyl adjacent to an activating group) is 1. The number of aromatic amines is 1. The summed E-state index contributed by atoms with van der Waals surface area (Å²) in [6.07, 6.45) is 1.38. The Labute approximate surface area is 179 Å². The predicted molar refractivity (Wildman–Crippen MR) is 118 cm³/mol. The van der Waals surface area contributed by atoms with Crippen molar-refractivity contribution in [3.63, 3.8) is 0 Å². The first-order chi connectivity index (χ1) is 14.8. The number of aromatic nitrogens is 5. The van der Waals surface area contributed by atoms with Crippen molar-refractivity contribution in [2.45, 2.75) is 38.7 Å². The molecule has 158 valence electrons. The highest BCUT2D eigenvalue weighted by Gasteiger charge is 2.42. The second-order valence-electron chi connectivity index (χ2n) is 8.43. The Hall–Kier alpha value is -3.52. The predicted octanol–water partition coefficient (Wildman–Crippen LogP) is 3.51. The Kier molecular flexibility index (Phi) is 4.23. The van der Waals surface area contributed by atoms with E-state index >= 15 is 0 Å². The summed E-state index contributed by atoms with van der Waals surface area (Å²) >= 11 is 0. The molecule has 1 atom stereocenters. The van der Waals surface area contributed by atoms with Gasteiger partial charge in [-0.2, -0.15) is 0 Å². The molecule has 0 bridgehead atoms. The van der Waals surface area contributed by atoms with Gasteiger partial charge in [-0.3, -0.25) is 4.79 Å². The van der Waals surface area contributed by atoms with E-state index in [9.17, 15) is 9.90 Å². The molecule has 2 aromatic carbocycles. The van der Waals surface area contributed by atoms with E-state index in [4.69, 9.17) is 4.98 Å². The van der Waals surface area contributed by atoms with Crippen molar-refractivity contribution in [3.05, 3.63) is 54.1 Å². The quantitative estimate of drug-likeness (QED) is 0.530. The normalized spacial score (nSPS) is 16.2. The molecule has 3 heterocycles. The minimum absolute atomic E-state index is 0.0597. The number of nitrogens with zero attached hydrogens (tertiary/aromatic N) is 5. The third kappa shape index (κ3) is 2.79. The standard InChI is InChI=1S/C23H24N6O2/c1-5-18(30)20-26-21(29(27-20)17-8-6-7-15-19(17)25-12-24-15)13-9-10-16-14(11-13)23(2,3)22(31)28(16)4/h6-12,18,30H,5H2,1-4H3,(H,24,25). The van der Waals surface area contributed by atoms with Gasteiger partial charge in [-0.05, 0) is 56.2 Å². The van der Waals surface area contributed by atoms with E-state index < -0.39 is 11.5 Å². The molecule has 8 nitrogen and oxygen atoms in total. The minimum Gasteiger partial charge on any atom is -0.385 e. The van der Waals surface area contributed by atoms with Gasteiger partial charge in [0.25, 0.3) is 0 Å². The summed E-state index contributed by atoms with van der Waals surface area (Å²) in [5.41, 5.74) is 4.46. The van der Waals surface area contributed by atoms with Crippen LogP contribution in [0.3, 0.4) is 0 Å². The number of anilines is 1. The molecule has 4 aromatic rings. The van der Waals surface area contributed by atoms with Crippen LogP contribution in [0.1, 0.15) is 44.7 Å². The number of nitrogens with one attached hydrogen (secondary N) is 1. The SMILES string of the molecule is CCC(O)c1nc(-c2ccc3c(c2)C(C)(C)C(=O)N3C)n(-c2cccc3[nH]cnc23)n1. The second kappa shape index (κ2) is 6.75. The highest BCUT2D eigenvalue weighted by atomic mass is 16.3. The lowest BCUT2D eigenvalue weighted by atomic mass is 9.85. The zero-order valence-corrected chi connectivity index (χ0v) is 17.9. The maximum Gasteiger partial charge on any atom is 0.236 e. The third-order valence-corrected chi connectivity index (χ3v) is 6.09. The second-order valence-corrected chi connectivity index (χ2v) is 8.43. The lowest BCUT2D eigenvalue weighted by molar-refractivity contribution is -0.121. The van der Waals surface area contributed by atoms with Gasteiger partial charge in [0.2, 0.25) is 5.91 Å². The van der Waals surface area contributed by atoms with Crippen molar-refractivity contribution in [3.8, 4) is 17.1 Å². The van der Waals surface area contributed by atoms with Crippen LogP contribution in [0.2, 0.25) is 0 Å². The van der Waals surface area contributed by atoms with Crippen LogP contribution >= 0.6 is 0 Å². The number of amides is 1. The number of aliphatic hydroxyl groups excluding tert-OH is 1. The fourth-order valence-corrected chi connectivity index (χ4v) is 4.24. The summed E-state index contributed by atoms with van der Waals surface area (Å²) in [5, 5.41) is 15.1. The molecular formula is C23H24N6O2. The summed E-state index contributed by atoms with van der Waals surface area (Å²) in [6, 6.07) is 11.7. The van der Waals surface area contributed by atoms with Gasteiger partial charge in [-0.15, -0.1) is 5.10 Å². The van der Waals surface area contributed by atoms with E-state index in [1.54, 1.807) is 23.0 Å². The maximum atomic E-state index is 12.7. The Morgan fingerprint density at radius 1 is 1.19 bits per heavy atom. The average molecular weight is 416 g/mol. The van der Waals surface area contributed by atoms with Gasteiger partial charge in [0.05, 0.1) is 22.9 Å². The van der Waals surface area contributed by atoms with E-state index in [1.807, 2.05) is 57.2 Å². The summed E-state index contributed by atoms with van der Waals surface area (Å²) in [6.45, 7) is 5.75. The van der Waals surface area contributed by atoms with E-state index in [0.717, 1.165) is 33.5 Å². The summed E-state index contributed by atoms with van der Waals surface area (Å²) in [5.74, 6) is 1.01. The molecule has 8 heteroatoms. The number of hydrogen-bond donors (Lipinski definition) is 2. The van der Waals surface area contributed by atoms with Crippen LogP contribution in [-0.2, 0) is 10.2 Å². The van der Waals surface area contributed by atoms with E-state index in [2.05, 4.69) is 15.1 Å². The Morgan fingerprint density at radius 3 is 2.77 bits per heavy atom. The average Bonchev–Trinajstić information content (AvgIpc) is 3.47. The summed E-state index contributed by atoms with van der Waals surface area (Å²) in [7, 11) is 1.80. The Balaban J connectivity index is 1.74. The van der Waals surface area contributed by atoms with Crippen molar-refractivity contribution in [2.24, 2.45) is 0 Å². The number of hydrogen-bond acceptors (Lipinski definition) is 5. The number of imidazole rings is 1. The van der Waals surface area contributed by atoms with Gasteiger partial charge in [0.15, 0.2) is 11.6 Å². The molecule has 0 fully saturated rings. The molecule has 0 aliphatic carbocycles.